The first kappa shape index (κ1) is 10.4. The van der Waals surface area contributed by atoms with Crippen molar-refractivity contribution in [2.75, 3.05) is 0 Å². The minimum Gasteiger partial charge on any atom is -0.392 e. The van der Waals surface area contributed by atoms with Crippen LogP contribution in [0.2, 0.25) is 0 Å². The Balaban J connectivity index is 1.95. The van der Waals surface area contributed by atoms with Crippen molar-refractivity contribution in [2.24, 2.45) is 0 Å². The molecule has 1 aromatic heterocycles. The molecule has 1 N–H and O–H groups in total. The molecule has 1 aliphatic rings. The molecular weight excluding hydrogens is 216 g/mol. The van der Waals surface area contributed by atoms with Gasteiger partial charge in [-0.05, 0) is 31.3 Å². The number of nitrogens with zero attached hydrogens (tertiary/aromatic N) is 2. The van der Waals surface area contributed by atoms with E-state index < -0.39 is 0 Å². The lowest BCUT2D eigenvalue weighted by molar-refractivity contribution is 0.196. The molecule has 78 valence electrons. The summed E-state index contributed by atoms with van der Waals surface area (Å²) in [7, 11) is 0. The quantitative estimate of drug-likeness (QED) is 0.806. The SMILES string of the molecule is CC(O)C(C)Sc1nc(C2CC2)ns1. The van der Waals surface area contributed by atoms with Crippen molar-refractivity contribution < 1.29 is 5.11 Å². The number of hydrogen-bond acceptors (Lipinski definition) is 5. The van der Waals surface area contributed by atoms with Crippen molar-refractivity contribution in [2.45, 2.75) is 48.3 Å². The lowest BCUT2D eigenvalue weighted by Gasteiger charge is -2.10. The fraction of sp³-hybridized carbons (Fsp3) is 0.778. The standard InChI is InChI=1S/C9H14N2OS2/c1-5(12)6(2)13-9-10-8(11-14-9)7-3-4-7/h5-7,12H,3-4H2,1-2H3. The third-order valence-electron chi connectivity index (χ3n) is 2.33. The number of rotatable bonds is 4. The van der Waals surface area contributed by atoms with Crippen LogP contribution >= 0.6 is 23.3 Å². The minimum atomic E-state index is -0.298. The predicted octanol–water partition coefficient (Wildman–Crippen LogP) is 2.28. The molecule has 0 radical (unpaired) electrons. The Morgan fingerprint density at radius 1 is 1.50 bits per heavy atom. The van der Waals surface area contributed by atoms with E-state index in [1.807, 2.05) is 6.92 Å². The number of thioether (sulfide) groups is 1. The molecule has 0 spiro atoms. The zero-order chi connectivity index (χ0) is 10.1. The molecular formula is C9H14N2OS2. The van der Waals surface area contributed by atoms with E-state index in [2.05, 4.69) is 9.36 Å². The van der Waals surface area contributed by atoms with Crippen molar-refractivity contribution in [1.29, 1.82) is 0 Å². The maximum atomic E-state index is 9.35. The normalized spacial score (nSPS) is 20.8. The van der Waals surface area contributed by atoms with Gasteiger partial charge in [0.2, 0.25) is 0 Å². The Morgan fingerprint density at radius 2 is 2.21 bits per heavy atom. The molecule has 1 aliphatic carbocycles. The maximum Gasteiger partial charge on any atom is 0.170 e. The maximum absolute atomic E-state index is 9.35. The molecule has 1 heterocycles. The van der Waals surface area contributed by atoms with Crippen molar-refractivity contribution in [3.05, 3.63) is 5.82 Å². The molecule has 0 bridgehead atoms. The van der Waals surface area contributed by atoms with Crippen molar-refractivity contribution in [1.82, 2.24) is 9.36 Å². The highest BCUT2D eigenvalue weighted by Gasteiger charge is 2.28. The summed E-state index contributed by atoms with van der Waals surface area (Å²) in [5.74, 6) is 1.64. The van der Waals surface area contributed by atoms with Gasteiger partial charge in [0.15, 0.2) is 4.34 Å². The van der Waals surface area contributed by atoms with Gasteiger partial charge in [0, 0.05) is 11.2 Å². The average Bonchev–Trinajstić information content (AvgIpc) is 2.88. The molecule has 1 fully saturated rings. The number of aliphatic hydroxyl groups excluding tert-OH is 1. The second-order valence-corrected chi connectivity index (χ2v) is 6.13. The van der Waals surface area contributed by atoms with Gasteiger partial charge in [-0.3, -0.25) is 0 Å². The highest BCUT2D eigenvalue weighted by molar-refractivity contribution is 8.01. The van der Waals surface area contributed by atoms with Crippen LogP contribution in [0.4, 0.5) is 0 Å². The van der Waals surface area contributed by atoms with Gasteiger partial charge in [-0.1, -0.05) is 18.7 Å². The summed E-state index contributed by atoms with van der Waals surface area (Å²) in [6.45, 7) is 3.81. The Kier molecular flexibility index (Phi) is 3.09. The molecule has 2 atom stereocenters. The van der Waals surface area contributed by atoms with Crippen LogP contribution in [0.3, 0.4) is 0 Å². The Labute approximate surface area is 92.1 Å². The van der Waals surface area contributed by atoms with E-state index in [4.69, 9.17) is 0 Å². The summed E-state index contributed by atoms with van der Waals surface area (Å²) < 4.78 is 5.31. The highest BCUT2D eigenvalue weighted by atomic mass is 32.2. The molecule has 1 aromatic rings. The van der Waals surface area contributed by atoms with E-state index in [0.29, 0.717) is 5.92 Å². The van der Waals surface area contributed by atoms with Crippen LogP contribution in [-0.4, -0.2) is 25.8 Å². The van der Waals surface area contributed by atoms with Crippen LogP contribution in [0, 0.1) is 0 Å². The second-order valence-electron chi connectivity index (χ2n) is 3.76. The van der Waals surface area contributed by atoms with Gasteiger partial charge < -0.3 is 5.11 Å². The van der Waals surface area contributed by atoms with Gasteiger partial charge >= 0.3 is 0 Å². The smallest absolute Gasteiger partial charge is 0.170 e. The van der Waals surface area contributed by atoms with Gasteiger partial charge in [-0.25, -0.2) is 4.98 Å². The number of aliphatic hydroxyl groups is 1. The largest absolute Gasteiger partial charge is 0.392 e. The molecule has 2 rings (SSSR count). The topological polar surface area (TPSA) is 46.0 Å². The summed E-state index contributed by atoms with van der Waals surface area (Å²) in [4.78, 5) is 4.45. The van der Waals surface area contributed by atoms with Crippen LogP contribution in [0.15, 0.2) is 4.34 Å². The second kappa shape index (κ2) is 4.16. The van der Waals surface area contributed by atoms with Gasteiger partial charge in [0.05, 0.1) is 6.10 Å². The average molecular weight is 230 g/mol. The van der Waals surface area contributed by atoms with E-state index in [-0.39, 0.29) is 11.4 Å². The zero-order valence-electron chi connectivity index (χ0n) is 8.30. The first-order chi connectivity index (χ1) is 6.66. The third-order valence-corrected chi connectivity index (χ3v) is 4.43. The van der Waals surface area contributed by atoms with Gasteiger partial charge in [0.25, 0.3) is 0 Å². The van der Waals surface area contributed by atoms with Gasteiger partial charge in [-0.15, -0.1) is 0 Å². The van der Waals surface area contributed by atoms with Crippen LogP contribution in [-0.2, 0) is 0 Å². The Bertz CT molecular complexity index is 310. The number of hydrogen-bond donors (Lipinski definition) is 1. The minimum absolute atomic E-state index is 0.190. The molecule has 0 saturated heterocycles. The van der Waals surface area contributed by atoms with E-state index >= 15 is 0 Å². The van der Waals surface area contributed by atoms with E-state index in [9.17, 15) is 5.11 Å². The number of aromatic nitrogens is 2. The molecule has 5 heteroatoms. The van der Waals surface area contributed by atoms with Gasteiger partial charge in [0.1, 0.15) is 5.82 Å². The molecule has 0 aromatic carbocycles. The Morgan fingerprint density at radius 3 is 2.79 bits per heavy atom. The van der Waals surface area contributed by atoms with Crippen molar-refractivity contribution in [3.8, 4) is 0 Å². The van der Waals surface area contributed by atoms with Gasteiger partial charge in [-0.2, -0.15) is 4.37 Å². The van der Waals surface area contributed by atoms with Crippen LogP contribution in [0.25, 0.3) is 0 Å². The molecule has 1 saturated carbocycles. The fourth-order valence-corrected chi connectivity index (χ4v) is 2.93. The summed E-state index contributed by atoms with van der Waals surface area (Å²) in [5, 5.41) is 9.54. The van der Waals surface area contributed by atoms with Crippen LogP contribution in [0.5, 0.6) is 0 Å². The highest BCUT2D eigenvalue weighted by Crippen LogP contribution is 2.40. The monoisotopic (exact) mass is 230 g/mol. The molecule has 3 nitrogen and oxygen atoms in total. The first-order valence-electron chi connectivity index (χ1n) is 4.85. The lowest BCUT2D eigenvalue weighted by atomic mass is 10.3. The molecule has 2 unspecified atom stereocenters. The summed E-state index contributed by atoms with van der Waals surface area (Å²) in [6.07, 6.45) is 2.19. The van der Waals surface area contributed by atoms with E-state index in [1.54, 1.807) is 18.7 Å². The summed E-state index contributed by atoms with van der Waals surface area (Å²) in [6, 6.07) is 0. The van der Waals surface area contributed by atoms with E-state index in [1.165, 1.54) is 24.4 Å². The molecule has 0 amide bonds. The molecule has 14 heavy (non-hydrogen) atoms. The zero-order valence-corrected chi connectivity index (χ0v) is 9.94. The lowest BCUT2D eigenvalue weighted by Crippen LogP contribution is -2.14. The van der Waals surface area contributed by atoms with Crippen molar-refractivity contribution >= 4 is 23.3 Å². The van der Waals surface area contributed by atoms with Crippen LogP contribution < -0.4 is 0 Å². The third kappa shape index (κ3) is 2.46. The summed E-state index contributed by atoms with van der Waals surface area (Å²) in [5.41, 5.74) is 0. The van der Waals surface area contributed by atoms with Crippen molar-refractivity contribution in [3.63, 3.8) is 0 Å². The Hall–Kier alpha value is -0.130. The first-order valence-corrected chi connectivity index (χ1v) is 6.50. The summed E-state index contributed by atoms with van der Waals surface area (Å²) >= 11 is 3.07. The fourth-order valence-electron chi connectivity index (χ4n) is 1.03. The predicted molar refractivity (Wildman–Crippen MR) is 58.9 cm³/mol. The van der Waals surface area contributed by atoms with E-state index in [0.717, 1.165) is 10.2 Å². The van der Waals surface area contributed by atoms with Crippen LogP contribution in [0.1, 0.15) is 38.4 Å². The molecule has 0 aliphatic heterocycles.